The lowest BCUT2D eigenvalue weighted by Crippen LogP contribution is -2.32. The van der Waals surface area contributed by atoms with Gasteiger partial charge in [-0.25, -0.2) is 14.4 Å². The van der Waals surface area contributed by atoms with Crippen LogP contribution in [0, 0.1) is 11.7 Å². The molecule has 0 spiro atoms. The molecule has 4 rings (SSSR count). The third kappa shape index (κ3) is 4.82. The summed E-state index contributed by atoms with van der Waals surface area (Å²) in [7, 11) is 0. The van der Waals surface area contributed by atoms with Crippen LogP contribution in [0.1, 0.15) is 42.5 Å². The van der Waals surface area contributed by atoms with Crippen LogP contribution in [-0.2, 0) is 4.79 Å². The van der Waals surface area contributed by atoms with E-state index in [1.165, 1.54) is 0 Å². The lowest BCUT2D eigenvalue weighted by molar-refractivity contribution is -0.122. The lowest BCUT2D eigenvalue weighted by atomic mass is 9.86. The number of carbonyl (C=O) groups is 2. The Balaban J connectivity index is 1.50. The number of nitrogens with zero attached hydrogens (tertiary/aromatic N) is 3. The van der Waals surface area contributed by atoms with Gasteiger partial charge in [-0.05, 0) is 44.2 Å². The van der Waals surface area contributed by atoms with Gasteiger partial charge in [-0.1, -0.05) is 12.1 Å². The molecule has 2 aromatic rings. The third-order valence-corrected chi connectivity index (χ3v) is 6.04. The molecule has 0 radical (unpaired) electrons. The maximum absolute atomic E-state index is 14.5. The smallest absolute Gasteiger partial charge is 0.253 e. The summed E-state index contributed by atoms with van der Waals surface area (Å²) in [4.78, 5) is 34.0. The van der Waals surface area contributed by atoms with Crippen molar-refractivity contribution in [1.29, 1.82) is 0 Å². The summed E-state index contributed by atoms with van der Waals surface area (Å²) in [6.07, 6.45) is 4.10. The molecule has 1 atom stereocenters. The van der Waals surface area contributed by atoms with Gasteiger partial charge in [0.15, 0.2) is 5.82 Å². The van der Waals surface area contributed by atoms with Crippen LogP contribution in [0.15, 0.2) is 30.5 Å². The largest absolute Gasteiger partial charge is 0.391 e. The van der Waals surface area contributed by atoms with Crippen LogP contribution in [0.4, 0.5) is 10.3 Å². The molecule has 8 nitrogen and oxygen atoms in total. The van der Waals surface area contributed by atoms with E-state index in [-0.39, 0.29) is 29.5 Å². The first-order valence-electron chi connectivity index (χ1n) is 10.6. The minimum atomic E-state index is -0.579. The monoisotopic (exact) mass is 427 g/mol. The summed E-state index contributed by atoms with van der Waals surface area (Å²) in [6, 6.07) is 6.76. The van der Waals surface area contributed by atoms with Crippen molar-refractivity contribution < 1.29 is 19.1 Å². The number of primary amides is 1. The van der Waals surface area contributed by atoms with E-state index in [1.807, 2.05) is 0 Å². The number of rotatable bonds is 5. The molecular formula is C22H26FN5O3. The van der Waals surface area contributed by atoms with Gasteiger partial charge in [0.1, 0.15) is 5.69 Å². The highest BCUT2D eigenvalue weighted by Crippen LogP contribution is 2.27. The standard InChI is InChI=1S/C22H26FN5O3/c23-18-11-25-22(26-16-6-4-13(5-7-16)20(24)30)27-19(18)14-2-1-3-15(10-14)21(31)28-9-8-17(29)12-28/h1-3,10-11,13,16-17,29H,4-9,12H2,(H2,24,30)(H,25,26,27)/t13?,16?,17-/m0/s1. The topological polar surface area (TPSA) is 121 Å². The normalized spacial score (nSPS) is 23.5. The molecule has 2 aliphatic rings. The summed E-state index contributed by atoms with van der Waals surface area (Å²) in [5.41, 5.74) is 6.39. The van der Waals surface area contributed by atoms with Crippen molar-refractivity contribution >= 4 is 17.8 Å². The Kier molecular flexibility index (Phi) is 6.13. The van der Waals surface area contributed by atoms with E-state index in [4.69, 9.17) is 5.73 Å². The first kappa shape index (κ1) is 21.2. The van der Waals surface area contributed by atoms with Crippen LogP contribution < -0.4 is 11.1 Å². The zero-order valence-electron chi connectivity index (χ0n) is 17.1. The van der Waals surface area contributed by atoms with Gasteiger partial charge in [-0.2, -0.15) is 0 Å². The molecule has 164 valence electrons. The number of carbonyl (C=O) groups excluding carboxylic acids is 2. The van der Waals surface area contributed by atoms with Gasteiger partial charge in [0.05, 0.1) is 12.3 Å². The van der Waals surface area contributed by atoms with Crippen LogP contribution in [-0.4, -0.2) is 57.0 Å². The highest BCUT2D eigenvalue weighted by Gasteiger charge is 2.27. The Bertz CT molecular complexity index is 977. The Labute approximate surface area is 179 Å². The number of nitrogens with one attached hydrogen (secondary N) is 1. The Morgan fingerprint density at radius 2 is 1.97 bits per heavy atom. The van der Waals surface area contributed by atoms with Crippen molar-refractivity contribution in [2.45, 2.75) is 44.2 Å². The summed E-state index contributed by atoms with van der Waals surface area (Å²) in [5, 5.41) is 12.9. The van der Waals surface area contributed by atoms with Crippen molar-refractivity contribution in [3.63, 3.8) is 0 Å². The van der Waals surface area contributed by atoms with Gasteiger partial charge in [0.2, 0.25) is 11.9 Å². The second-order valence-electron chi connectivity index (χ2n) is 8.26. The van der Waals surface area contributed by atoms with E-state index >= 15 is 0 Å². The van der Waals surface area contributed by atoms with Gasteiger partial charge in [-0.15, -0.1) is 0 Å². The first-order valence-corrected chi connectivity index (χ1v) is 10.6. The van der Waals surface area contributed by atoms with Crippen molar-refractivity contribution in [2.24, 2.45) is 11.7 Å². The molecule has 2 amide bonds. The molecular weight excluding hydrogens is 401 g/mol. The Morgan fingerprint density at radius 3 is 2.65 bits per heavy atom. The van der Waals surface area contributed by atoms with Gasteiger partial charge in [0, 0.05) is 36.2 Å². The highest BCUT2D eigenvalue weighted by atomic mass is 19.1. The fourth-order valence-corrected chi connectivity index (χ4v) is 4.25. The zero-order valence-corrected chi connectivity index (χ0v) is 17.1. The summed E-state index contributed by atoms with van der Waals surface area (Å²) < 4.78 is 14.5. The number of halogens is 1. The molecule has 0 unspecified atom stereocenters. The molecule has 1 saturated heterocycles. The second kappa shape index (κ2) is 8.97. The Morgan fingerprint density at radius 1 is 1.19 bits per heavy atom. The minimum Gasteiger partial charge on any atom is -0.391 e. The number of likely N-dealkylation sites (tertiary alicyclic amines) is 1. The average Bonchev–Trinajstić information content (AvgIpc) is 3.21. The fraction of sp³-hybridized carbons (Fsp3) is 0.455. The number of anilines is 1. The van der Waals surface area contributed by atoms with Crippen LogP contribution in [0.2, 0.25) is 0 Å². The lowest BCUT2D eigenvalue weighted by Gasteiger charge is -2.27. The van der Waals surface area contributed by atoms with E-state index in [0.29, 0.717) is 49.4 Å². The average molecular weight is 427 g/mol. The molecule has 31 heavy (non-hydrogen) atoms. The maximum Gasteiger partial charge on any atom is 0.253 e. The number of hydrogen-bond acceptors (Lipinski definition) is 6. The molecule has 1 aliphatic carbocycles. The van der Waals surface area contributed by atoms with Crippen molar-refractivity contribution in [1.82, 2.24) is 14.9 Å². The summed E-state index contributed by atoms with van der Waals surface area (Å²) in [5.74, 6) is -0.837. The number of aromatic nitrogens is 2. The molecule has 1 aromatic heterocycles. The number of amides is 2. The molecule has 9 heteroatoms. The summed E-state index contributed by atoms with van der Waals surface area (Å²) >= 11 is 0. The highest BCUT2D eigenvalue weighted by molar-refractivity contribution is 5.95. The van der Waals surface area contributed by atoms with Gasteiger partial charge < -0.3 is 21.1 Å². The van der Waals surface area contributed by atoms with Gasteiger partial charge in [-0.3, -0.25) is 9.59 Å². The molecule has 1 aliphatic heterocycles. The minimum absolute atomic E-state index is 0.0865. The number of aliphatic hydroxyl groups is 1. The predicted octanol–water partition coefficient (Wildman–Crippen LogP) is 1.95. The summed E-state index contributed by atoms with van der Waals surface area (Å²) in [6.45, 7) is 0.801. The van der Waals surface area contributed by atoms with Crippen LogP contribution in [0.5, 0.6) is 0 Å². The molecule has 1 aromatic carbocycles. The van der Waals surface area contributed by atoms with E-state index in [9.17, 15) is 19.1 Å². The zero-order chi connectivity index (χ0) is 22.0. The molecule has 2 heterocycles. The quantitative estimate of drug-likeness (QED) is 0.671. The number of aliphatic hydroxyl groups excluding tert-OH is 1. The molecule has 4 N–H and O–H groups in total. The van der Waals surface area contributed by atoms with E-state index in [0.717, 1.165) is 19.0 Å². The van der Waals surface area contributed by atoms with E-state index in [1.54, 1.807) is 29.2 Å². The number of hydrogen-bond donors (Lipinski definition) is 3. The van der Waals surface area contributed by atoms with E-state index < -0.39 is 11.9 Å². The maximum atomic E-state index is 14.5. The molecule has 1 saturated carbocycles. The van der Waals surface area contributed by atoms with Crippen LogP contribution in [0.3, 0.4) is 0 Å². The molecule has 0 bridgehead atoms. The van der Waals surface area contributed by atoms with Crippen LogP contribution >= 0.6 is 0 Å². The van der Waals surface area contributed by atoms with Crippen molar-refractivity contribution in [3.05, 3.63) is 41.8 Å². The fourth-order valence-electron chi connectivity index (χ4n) is 4.25. The third-order valence-electron chi connectivity index (χ3n) is 6.04. The van der Waals surface area contributed by atoms with Gasteiger partial charge in [0.25, 0.3) is 5.91 Å². The SMILES string of the molecule is NC(=O)C1CCC(Nc2ncc(F)c(-c3cccc(C(=O)N4CC[C@H](O)C4)c3)n2)CC1. The Hall–Kier alpha value is -3.07. The van der Waals surface area contributed by atoms with Crippen molar-refractivity contribution in [3.8, 4) is 11.3 Å². The van der Waals surface area contributed by atoms with E-state index in [2.05, 4.69) is 15.3 Å². The van der Waals surface area contributed by atoms with Crippen LogP contribution in [0.25, 0.3) is 11.3 Å². The number of β-amino-alcohol motifs (C(OH)–C–C–N with tert-alkyl or cyclic N) is 1. The van der Waals surface area contributed by atoms with Gasteiger partial charge >= 0.3 is 0 Å². The van der Waals surface area contributed by atoms with Crippen molar-refractivity contribution in [2.75, 3.05) is 18.4 Å². The molecule has 2 fully saturated rings. The first-order chi connectivity index (χ1) is 14.9. The number of nitrogens with two attached hydrogens (primary N) is 1. The predicted molar refractivity (Wildman–Crippen MR) is 113 cm³/mol. The number of benzene rings is 1. The second-order valence-corrected chi connectivity index (χ2v) is 8.26.